The van der Waals surface area contributed by atoms with E-state index < -0.39 is 24.1 Å². The fourth-order valence-corrected chi connectivity index (χ4v) is 2.42. The molecule has 26 heavy (non-hydrogen) atoms. The molecule has 0 saturated heterocycles. The van der Waals surface area contributed by atoms with Gasteiger partial charge in [-0.2, -0.15) is 0 Å². The van der Waals surface area contributed by atoms with Crippen LogP contribution in [0, 0.1) is 6.92 Å². The lowest BCUT2D eigenvalue weighted by Crippen LogP contribution is -2.35. The molecule has 2 aromatic rings. The second-order valence-corrected chi connectivity index (χ2v) is 6.47. The zero-order valence-corrected chi connectivity index (χ0v) is 16.0. The van der Waals surface area contributed by atoms with E-state index in [1.165, 1.54) is 19.2 Å². The quantitative estimate of drug-likeness (QED) is 0.745. The molecule has 0 bridgehead atoms. The molecule has 0 spiro atoms. The van der Waals surface area contributed by atoms with E-state index in [9.17, 15) is 9.59 Å². The average molecular weight is 397 g/mol. The third-order valence-corrected chi connectivity index (χ3v) is 3.84. The molecular formula is C18H18Cl2N2O4. The predicted molar refractivity (Wildman–Crippen MR) is 99.7 cm³/mol. The average Bonchev–Trinajstić information content (AvgIpc) is 2.57. The lowest BCUT2D eigenvalue weighted by molar-refractivity contribution is -0.159. The van der Waals surface area contributed by atoms with Gasteiger partial charge in [-0.1, -0.05) is 35.3 Å². The van der Waals surface area contributed by atoms with Crippen LogP contribution in [0.25, 0.3) is 0 Å². The van der Waals surface area contributed by atoms with Crippen LogP contribution < -0.4 is 10.1 Å². The van der Waals surface area contributed by atoms with Crippen LogP contribution in [0.1, 0.15) is 19.4 Å². The van der Waals surface area contributed by atoms with Crippen molar-refractivity contribution < 1.29 is 19.1 Å². The maximum Gasteiger partial charge on any atom is 0.347 e. The summed E-state index contributed by atoms with van der Waals surface area (Å²) >= 11 is 11.7. The van der Waals surface area contributed by atoms with Crippen LogP contribution in [0.5, 0.6) is 5.75 Å². The molecule has 1 N–H and O–H groups in total. The SMILES string of the molecule is Cc1cccc(O[C@@H](C)C(=O)O[C@H](C)C(=O)Nc2ncc(Cl)cc2Cl)c1. The molecule has 6 nitrogen and oxygen atoms in total. The number of benzene rings is 1. The first-order valence-electron chi connectivity index (χ1n) is 7.82. The Morgan fingerprint density at radius 2 is 1.88 bits per heavy atom. The maximum atomic E-state index is 12.1. The number of aryl methyl sites for hydroxylation is 1. The van der Waals surface area contributed by atoms with Gasteiger partial charge in [-0.25, -0.2) is 9.78 Å². The first-order chi connectivity index (χ1) is 12.3. The number of carbonyl (C=O) groups excluding carboxylic acids is 2. The Balaban J connectivity index is 1.91. The highest BCUT2D eigenvalue weighted by Gasteiger charge is 2.24. The van der Waals surface area contributed by atoms with Crippen molar-refractivity contribution >= 4 is 40.9 Å². The molecular weight excluding hydrogens is 379 g/mol. The van der Waals surface area contributed by atoms with Crippen molar-refractivity contribution in [1.82, 2.24) is 4.98 Å². The smallest absolute Gasteiger partial charge is 0.347 e. The van der Waals surface area contributed by atoms with Crippen LogP contribution in [0.4, 0.5) is 5.82 Å². The second kappa shape index (κ2) is 8.87. The summed E-state index contributed by atoms with van der Waals surface area (Å²) < 4.78 is 10.7. The van der Waals surface area contributed by atoms with Crippen LogP contribution in [0.3, 0.4) is 0 Å². The molecule has 1 aromatic carbocycles. The number of anilines is 1. The highest BCUT2D eigenvalue weighted by molar-refractivity contribution is 6.36. The maximum absolute atomic E-state index is 12.1. The molecule has 1 amide bonds. The summed E-state index contributed by atoms with van der Waals surface area (Å²) in [6.45, 7) is 4.90. The Labute approximate surface area is 161 Å². The van der Waals surface area contributed by atoms with E-state index >= 15 is 0 Å². The van der Waals surface area contributed by atoms with Crippen LogP contribution in [-0.2, 0) is 14.3 Å². The van der Waals surface area contributed by atoms with Crippen LogP contribution in [0.15, 0.2) is 36.5 Å². The van der Waals surface area contributed by atoms with Gasteiger partial charge in [0.2, 0.25) is 0 Å². The van der Waals surface area contributed by atoms with Crippen molar-refractivity contribution in [2.45, 2.75) is 33.0 Å². The lowest BCUT2D eigenvalue weighted by atomic mass is 10.2. The van der Waals surface area contributed by atoms with Gasteiger partial charge in [0, 0.05) is 6.20 Å². The Morgan fingerprint density at radius 1 is 1.15 bits per heavy atom. The largest absolute Gasteiger partial charge is 0.479 e. The van der Waals surface area contributed by atoms with Crippen molar-refractivity contribution in [1.29, 1.82) is 0 Å². The summed E-state index contributed by atoms with van der Waals surface area (Å²) in [6, 6.07) is 8.72. The molecule has 0 aliphatic carbocycles. The van der Waals surface area contributed by atoms with E-state index in [4.69, 9.17) is 32.7 Å². The number of carbonyl (C=O) groups is 2. The molecule has 0 aliphatic rings. The Hall–Kier alpha value is -2.31. The number of halogens is 2. The number of esters is 1. The van der Waals surface area contributed by atoms with E-state index in [2.05, 4.69) is 10.3 Å². The summed E-state index contributed by atoms with van der Waals surface area (Å²) in [5, 5.41) is 3.00. The topological polar surface area (TPSA) is 77.5 Å². The van der Waals surface area contributed by atoms with Gasteiger partial charge < -0.3 is 14.8 Å². The van der Waals surface area contributed by atoms with Crippen LogP contribution >= 0.6 is 23.2 Å². The zero-order valence-electron chi connectivity index (χ0n) is 14.5. The molecule has 1 aromatic heterocycles. The number of aromatic nitrogens is 1. The fourth-order valence-electron chi connectivity index (χ4n) is 1.99. The van der Waals surface area contributed by atoms with Crippen LogP contribution in [0.2, 0.25) is 10.0 Å². The van der Waals surface area contributed by atoms with Crippen molar-refractivity contribution in [2.24, 2.45) is 0 Å². The first kappa shape index (κ1) is 20.0. The highest BCUT2D eigenvalue weighted by atomic mass is 35.5. The molecule has 138 valence electrons. The number of rotatable bonds is 6. The number of ether oxygens (including phenoxy) is 2. The van der Waals surface area contributed by atoms with Crippen molar-refractivity contribution in [3.05, 3.63) is 52.1 Å². The zero-order chi connectivity index (χ0) is 19.3. The van der Waals surface area contributed by atoms with Crippen LogP contribution in [-0.4, -0.2) is 29.1 Å². The van der Waals surface area contributed by atoms with E-state index in [0.717, 1.165) is 5.56 Å². The monoisotopic (exact) mass is 396 g/mol. The third kappa shape index (κ3) is 5.61. The van der Waals surface area contributed by atoms with E-state index in [1.807, 2.05) is 19.1 Å². The Morgan fingerprint density at radius 3 is 2.54 bits per heavy atom. The minimum Gasteiger partial charge on any atom is -0.479 e. The molecule has 0 aliphatic heterocycles. The molecule has 2 atom stereocenters. The number of hydrogen-bond donors (Lipinski definition) is 1. The van der Waals surface area contributed by atoms with Gasteiger partial charge in [0.25, 0.3) is 5.91 Å². The Kier molecular flexibility index (Phi) is 6.83. The van der Waals surface area contributed by atoms with Gasteiger partial charge in [-0.05, 0) is 44.5 Å². The summed E-state index contributed by atoms with van der Waals surface area (Å²) in [7, 11) is 0. The number of nitrogens with zero attached hydrogens (tertiary/aromatic N) is 1. The van der Waals surface area contributed by atoms with E-state index in [0.29, 0.717) is 10.8 Å². The van der Waals surface area contributed by atoms with Gasteiger partial charge in [0.15, 0.2) is 18.0 Å². The van der Waals surface area contributed by atoms with Crippen molar-refractivity contribution in [3.63, 3.8) is 0 Å². The molecule has 0 unspecified atom stereocenters. The highest BCUT2D eigenvalue weighted by Crippen LogP contribution is 2.22. The molecule has 2 rings (SSSR count). The molecule has 0 fully saturated rings. The van der Waals surface area contributed by atoms with E-state index in [-0.39, 0.29) is 10.8 Å². The molecule has 0 radical (unpaired) electrons. The Bertz CT molecular complexity index is 814. The van der Waals surface area contributed by atoms with Gasteiger partial charge in [-0.15, -0.1) is 0 Å². The fraction of sp³-hybridized carbons (Fsp3) is 0.278. The summed E-state index contributed by atoms with van der Waals surface area (Å²) in [5.41, 5.74) is 1.00. The minimum absolute atomic E-state index is 0.132. The molecule has 1 heterocycles. The number of nitrogens with one attached hydrogen (secondary N) is 1. The van der Waals surface area contributed by atoms with Crippen molar-refractivity contribution in [2.75, 3.05) is 5.32 Å². The normalized spacial score (nSPS) is 12.8. The minimum atomic E-state index is -1.06. The summed E-state index contributed by atoms with van der Waals surface area (Å²) in [4.78, 5) is 28.2. The van der Waals surface area contributed by atoms with Gasteiger partial charge in [-0.3, -0.25) is 4.79 Å². The lowest BCUT2D eigenvalue weighted by Gasteiger charge is -2.18. The number of pyridine rings is 1. The van der Waals surface area contributed by atoms with Gasteiger partial charge in [0.05, 0.1) is 10.0 Å². The number of hydrogen-bond acceptors (Lipinski definition) is 5. The predicted octanol–water partition coefficient (Wildman–Crippen LogP) is 4.03. The second-order valence-electron chi connectivity index (χ2n) is 5.63. The third-order valence-electron chi connectivity index (χ3n) is 3.35. The summed E-state index contributed by atoms with van der Waals surface area (Å²) in [5.74, 6) is -0.557. The van der Waals surface area contributed by atoms with E-state index in [1.54, 1.807) is 19.1 Å². The molecule has 0 saturated carbocycles. The van der Waals surface area contributed by atoms with Gasteiger partial charge in [0.1, 0.15) is 5.75 Å². The molecule has 8 heteroatoms. The van der Waals surface area contributed by atoms with Gasteiger partial charge >= 0.3 is 5.97 Å². The van der Waals surface area contributed by atoms with Crippen molar-refractivity contribution in [3.8, 4) is 5.75 Å². The number of amides is 1. The first-order valence-corrected chi connectivity index (χ1v) is 8.57. The summed E-state index contributed by atoms with van der Waals surface area (Å²) in [6.07, 6.45) is -0.582. The standard InChI is InChI=1S/C18H18Cl2N2O4/c1-10-5-4-6-14(7-10)25-12(3)18(24)26-11(2)17(23)22-16-15(20)8-13(19)9-21-16/h4-9,11-12H,1-3H3,(H,21,22,23)/t11-,12+/m1/s1.